The summed E-state index contributed by atoms with van der Waals surface area (Å²) in [5.41, 5.74) is 3.14. The van der Waals surface area contributed by atoms with E-state index in [9.17, 15) is 9.32 Å². The van der Waals surface area contributed by atoms with Crippen LogP contribution in [0, 0.1) is 0 Å². The van der Waals surface area contributed by atoms with Gasteiger partial charge >= 0.3 is 0 Å². The van der Waals surface area contributed by atoms with E-state index in [0.29, 0.717) is 5.69 Å². The summed E-state index contributed by atoms with van der Waals surface area (Å²) in [6.07, 6.45) is 3.26. The highest BCUT2D eigenvalue weighted by atomic mass is 32.2. The maximum atomic E-state index is 11.8. The number of nitrogens with one attached hydrogen (secondary N) is 2. The van der Waals surface area contributed by atoms with Gasteiger partial charge in [-0.2, -0.15) is 0 Å². The fourth-order valence-corrected chi connectivity index (χ4v) is 2.93. The first-order chi connectivity index (χ1) is 10.9. The third-order valence-corrected chi connectivity index (χ3v) is 3.87. The first-order valence-electron chi connectivity index (χ1n) is 6.95. The van der Waals surface area contributed by atoms with Crippen LogP contribution in [-0.4, -0.2) is 26.4 Å². The van der Waals surface area contributed by atoms with Crippen LogP contribution in [-0.2, 0) is 9.71 Å². The number of anilines is 3. The van der Waals surface area contributed by atoms with Crippen LogP contribution in [0.25, 0.3) is 10.9 Å². The molecule has 0 amide bonds. The molecule has 118 valence electrons. The van der Waals surface area contributed by atoms with Gasteiger partial charge in [0.2, 0.25) is 0 Å². The van der Waals surface area contributed by atoms with Crippen LogP contribution in [0.15, 0.2) is 54.7 Å². The van der Waals surface area contributed by atoms with Gasteiger partial charge in [-0.05, 0) is 42.3 Å². The Morgan fingerprint density at radius 1 is 1.13 bits per heavy atom. The van der Waals surface area contributed by atoms with Crippen molar-refractivity contribution in [1.82, 2.24) is 4.98 Å². The minimum absolute atomic E-state index is 0.193. The van der Waals surface area contributed by atoms with Gasteiger partial charge in [0.1, 0.15) is 5.75 Å². The van der Waals surface area contributed by atoms with E-state index in [1.54, 1.807) is 30.7 Å². The van der Waals surface area contributed by atoms with Gasteiger partial charge in [-0.25, -0.2) is 4.21 Å². The van der Waals surface area contributed by atoms with E-state index in [2.05, 4.69) is 20.9 Å². The predicted octanol–water partition coefficient (Wildman–Crippen LogP) is 3.36. The molecule has 0 radical (unpaired) electrons. The number of aromatic hydroxyl groups is 1. The Kier molecular flexibility index (Phi) is 3.83. The lowest BCUT2D eigenvalue weighted by molar-refractivity contribution is 0.475. The number of phenols is 1. The second-order valence-corrected chi connectivity index (χ2v) is 7.59. The average molecular weight is 327 g/mol. The number of phenolic OH excluding ortho intramolecular Hbond substituents is 1. The molecular weight excluding hydrogens is 310 g/mol. The largest absolute Gasteiger partial charge is 0.508 e. The van der Waals surface area contributed by atoms with E-state index in [1.807, 2.05) is 30.3 Å². The second kappa shape index (κ2) is 5.81. The third kappa shape index (κ3) is 3.73. The molecule has 3 rings (SSSR count). The maximum absolute atomic E-state index is 11.8. The molecule has 0 saturated carbocycles. The zero-order valence-corrected chi connectivity index (χ0v) is 13.4. The first kappa shape index (κ1) is 15.2. The highest BCUT2D eigenvalue weighted by molar-refractivity contribution is 8.00. The molecule has 1 unspecified atom stereocenters. The van der Waals surface area contributed by atoms with Crippen LogP contribution in [0.2, 0.25) is 0 Å². The number of nitrogens with zero attached hydrogens (tertiary/aromatic N) is 1. The molecule has 6 heteroatoms. The van der Waals surface area contributed by atoms with Crippen LogP contribution in [0.3, 0.4) is 0 Å². The normalized spacial score (nSPS) is 13.4. The molecule has 1 heterocycles. The van der Waals surface area contributed by atoms with Gasteiger partial charge in [-0.3, -0.25) is 4.98 Å². The minimum Gasteiger partial charge on any atom is -0.508 e. The minimum atomic E-state index is -2.35. The lowest BCUT2D eigenvalue weighted by Crippen LogP contribution is -2.09. The Hall–Kier alpha value is -2.73. The fraction of sp³-hybridized carbons (Fsp3) is 0.0588. The molecule has 3 aromatic rings. The number of aromatic nitrogens is 1. The Balaban J connectivity index is 2.04. The van der Waals surface area contributed by atoms with Crippen LogP contribution in [0.5, 0.6) is 5.75 Å². The summed E-state index contributed by atoms with van der Waals surface area (Å²) in [5.74, 6) is 3.80. The summed E-state index contributed by atoms with van der Waals surface area (Å²) >= 11 is 0. The number of fused-ring (bicyclic) bond motifs is 1. The number of rotatable bonds is 4. The summed E-state index contributed by atoms with van der Waals surface area (Å²) in [6.45, 7) is 0. The zero-order valence-electron chi connectivity index (χ0n) is 12.6. The van der Waals surface area contributed by atoms with Gasteiger partial charge in [-0.1, -0.05) is 6.07 Å². The molecule has 0 aliphatic carbocycles. The monoisotopic (exact) mass is 327 g/mol. The summed E-state index contributed by atoms with van der Waals surface area (Å²) in [4.78, 5) is 4.33. The Bertz CT molecular complexity index is 968. The van der Waals surface area contributed by atoms with Crippen molar-refractivity contribution in [3.05, 3.63) is 54.7 Å². The quantitative estimate of drug-likeness (QED) is 0.642. The molecule has 0 bridgehead atoms. The van der Waals surface area contributed by atoms with Crippen molar-refractivity contribution < 1.29 is 9.32 Å². The van der Waals surface area contributed by atoms with E-state index in [1.165, 1.54) is 0 Å². The molecule has 0 saturated heterocycles. The Morgan fingerprint density at radius 3 is 2.70 bits per heavy atom. The highest BCUT2D eigenvalue weighted by Gasteiger charge is 2.05. The van der Waals surface area contributed by atoms with Crippen molar-refractivity contribution in [2.24, 2.45) is 0 Å². The summed E-state index contributed by atoms with van der Waals surface area (Å²) in [5, 5.41) is 13.7. The molecule has 0 fully saturated rings. The lowest BCUT2D eigenvalue weighted by Gasteiger charge is -2.12. The molecule has 23 heavy (non-hydrogen) atoms. The zero-order chi connectivity index (χ0) is 16.4. The summed E-state index contributed by atoms with van der Waals surface area (Å²) in [6, 6.07) is 14.3. The second-order valence-electron chi connectivity index (χ2n) is 5.37. The molecule has 0 spiro atoms. The number of pyridine rings is 1. The lowest BCUT2D eigenvalue weighted by atomic mass is 10.1. The SMILES string of the molecule is C=S(C)(=O)Nc1ccc2nccc(Nc3cccc(O)c3)c2c1. The van der Waals surface area contributed by atoms with Crippen molar-refractivity contribution in [1.29, 1.82) is 0 Å². The van der Waals surface area contributed by atoms with Gasteiger partial charge in [0.15, 0.2) is 0 Å². The Morgan fingerprint density at radius 2 is 1.96 bits per heavy atom. The van der Waals surface area contributed by atoms with Gasteiger partial charge in [-0.15, -0.1) is 0 Å². The molecular formula is C17H17N3O2S. The number of benzene rings is 2. The standard InChI is InChI=1S/C17H17N3O2S/c1-23(2,22)20-13-6-7-16-15(11-13)17(8-9-18-16)19-12-4-3-5-14(21)10-12/h3-11,21H,1H2,2H3,(H,18,19)(H,20,22). The van der Waals surface area contributed by atoms with Gasteiger partial charge in [0.05, 0.1) is 5.52 Å². The van der Waals surface area contributed by atoms with E-state index >= 15 is 0 Å². The molecule has 3 N–H and O–H groups in total. The Labute approximate surface area is 135 Å². The number of hydrogen-bond donors (Lipinski definition) is 3. The fourth-order valence-electron chi connectivity index (χ4n) is 2.31. The predicted molar refractivity (Wildman–Crippen MR) is 97.9 cm³/mol. The third-order valence-electron chi connectivity index (χ3n) is 3.20. The summed E-state index contributed by atoms with van der Waals surface area (Å²) in [7, 11) is -2.35. The van der Waals surface area contributed by atoms with E-state index < -0.39 is 9.71 Å². The topological polar surface area (TPSA) is 74.2 Å². The average Bonchev–Trinajstić information content (AvgIpc) is 2.46. The maximum Gasteiger partial charge on any atom is 0.117 e. The van der Waals surface area contributed by atoms with Gasteiger partial charge in [0, 0.05) is 50.7 Å². The number of hydrogen-bond acceptors (Lipinski definition) is 4. The van der Waals surface area contributed by atoms with Crippen molar-refractivity contribution in [3.8, 4) is 5.75 Å². The highest BCUT2D eigenvalue weighted by Crippen LogP contribution is 2.28. The molecule has 1 atom stereocenters. The summed E-state index contributed by atoms with van der Waals surface area (Å²) < 4.78 is 14.7. The molecule has 0 aliphatic heterocycles. The van der Waals surface area contributed by atoms with Crippen molar-refractivity contribution >= 4 is 43.5 Å². The first-order valence-corrected chi connectivity index (χ1v) is 9.09. The van der Waals surface area contributed by atoms with Crippen LogP contribution < -0.4 is 10.0 Å². The van der Waals surface area contributed by atoms with Crippen molar-refractivity contribution in [3.63, 3.8) is 0 Å². The van der Waals surface area contributed by atoms with Crippen LogP contribution >= 0.6 is 0 Å². The van der Waals surface area contributed by atoms with E-state index in [0.717, 1.165) is 22.3 Å². The smallest absolute Gasteiger partial charge is 0.117 e. The van der Waals surface area contributed by atoms with Gasteiger partial charge < -0.3 is 15.1 Å². The van der Waals surface area contributed by atoms with Gasteiger partial charge in [0.25, 0.3) is 0 Å². The molecule has 5 nitrogen and oxygen atoms in total. The van der Waals surface area contributed by atoms with Crippen LogP contribution in [0.1, 0.15) is 0 Å². The van der Waals surface area contributed by atoms with E-state index in [4.69, 9.17) is 0 Å². The van der Waals surface area contributed by atoms with Crippen molar-refractivity contribution in [2.45, 2.75) is 0 Å². The van der Waals surface area contributed by atoms with E-state index in [-0.39, 0.29) is 5.75 Å². The molecule has 0 aliphatic rings. The molecule has 2 aromatic carbocycles. The van der Waals surface area contributed by atoms with Crippen LogP contribution in [0.4, 0.5) is 17.1 Å². The molecule has 1 aromatic heterocycles. The van der Waals surface area contributed by atoms with Crippen molar-refractivity contribution in [2.75, 3.05) is 16.3 Å².